The van der Waals surface area contributed by atoms with E-state index in [0.29, 0.717) is 0 Å². The van der Waals surface area contributed by atoms with Gasteiger partial charge >= 0.3 is 5.97 Å². The van der Waals surface area contributed by atoms with Crippen molar-refractivity contribution in [1.29, 1.82) is 0 Å². The minimum atomic E-state index is -3.67. The highest BCUT2D eigenvalue weighted by atomic mass is 32.2. The molecule has 0 heterocycles. The van der Waals surface area contributed by atoms with Crippen molar-refractivity contribution in [3.63, 3.8) is 0 Å². The number of benzene rings is 1. The molecule has 0 spiro atoms. The van der Waals surface area contributed by atoms with E-state index in [2.05, 4.69) is 10.0 Å². The molecule has 7 nitrogen and oxygen atoms in total. The summed E-state index contributed by atoms with van der Waals surface area (Å²) in [7, 11) is -3.67. The summed E-state index contributed by atoms with van der Waals surface area (Å²) >= 11 is 0. The van der Waals surface area contributed by atoms with E-state index in [1.54, 1.807) is 6.92 Å². The number of rotatable bonds is 7. The Hall–Kier alpha value is -1.93. The number of carboxylic acids is 1. The molecule has 132 valence electrons. The average Bonchev–Trinajstić information content (AvgIpc) is 2.98. The van der Waals surface area contributed by atoms with Crippen molar-refractivity contribution in [2.45, 2.75) is 56.0 Å². The Bertz CT molecular complexity index is 711. The highest BCUT2D eigenvalue weighted by Gasteiger charge is 2.23. The lowest BCUT2D eigenvalue weighted by atomic mass is 10.2. The Labute approximate surface area is 141 Å². The minimum absolute atomic E-state index is 0.0351. The molecular formula is C16H22N2O5S. The zero-order valence-electron chi connectivity index (χ0n) is 13.5. The predicted octanol–water partition coefficient (Wildman–Crippen LogP) is 1.50. The van der Waals surface area contributed by atoms with Gasteiger partial charge in [-0.1, -0.05) is 18.9 Å². The van der Waals surface area contributed by atoms with Crippen LogP contribution in [0.2, 0.25) is 0 Å². The molecule has 0 aromatic heterocycles. The number of aliphatic carboxylic acids is 1. The van der Waals surface area contributed by atoms with Gasteiger partial charge in [0.25, 0.3) is 5.91 Å². The lowest BCUT2D eigenvalue weighted by Gasteiger charge is -2.14. The number of amides is 1. The summed E-state index contributed by atoms with van der Waals surface area (Å²) in [6, 6.07) is 5.14. The monoisotopic (exact) mass is 354 g/mol. The Morgan fingerprint density at radius 3 is 2.58 bits per heavy atom. The molecule has 8 heteroatoms. The van der Waals surface area contributed by atoms with E-state index in [4.69, 9.17) is 5.11 Å². The Kier molecular flexibility index (Phi) is 5.95. The first-order valence-corrected chi connectivity index (χ1v) is 9.41. The second-order valence-corrected chi connectivity index (χ2v) is 7.82. The summed E-state index contributed by atoms with van der Waals surface area (Å²) in [5.74, 6) is -1.51. The van der Waals surface area contributed by atoms with Crippen molar-refractivity contribution in [3.8, 4) is 0 Å². The molecule has 1 aromatic carbocycles. The van der Waals surface area contributed by atoms with Crippen LogP contribution in [0.4, 0.5) is 0 Å². The molecule has 1 aliphatic rings. The topological polar surface area (TPSA) is 113 Å². The molecule has 0 aliphatic heterocycles. The zero-order chi connectivity index (χ0) is 17.7. The van der Waals surface area contributed by atoms with Crippen molar-refractivity contribution >= 4 is 21.9 Å². The Balaban J connectivity index is 2.09. The van der Waals surface area contributed by atoms with Crippen LogP contribution in [0.15, 0.2) is 29.2 Å². The maximum atomic E-state index is 12.4. The molecule has 1 amide bonds. The smallest absolute Gasteiger partial charge is 0.305 e. The molecule has 24 heavy (non-hydrogen) atoms. The van der Waals surface area contributed by atoms with Gasteiger partial charge in [0.15, 0.2) is 0 Å². The van der Waals surface area contributed by atoms with Crippen molar-refractivity contribution in [2.24, 2.45) is 0 Å². The van der Waals surface area contributed by atoms with Gasteiger partial charge < -0.3 is 10.4 Å². The molecule has 1 saturated carbocycles. The molecule has 0 bridgehead atoms. The van der Waals surface area contributed by atoms with Crippen LogP contribution in [0.3, 0.4) is 0 Å². The second-order valence-electron chi connectivity index (χ2n) is 6.10. The molecule has 3 N–H and O–H groups in total. The number of sulfonamides is 1. The van der Waals surface area contributed by atoms with E-state index in [0.717, 1.165) is 25.7 Å². The van der Waals surface area contributed by atoms with Gasteiger partial charge in [-0.05, 0) is 38.0 Å². The summed E-state index contributed by atoms with van der Waals surface area (Å²) in [6.07, 6.45) is 3.47. The van der Waals surface area contributed by atoms with Gasteiger partial charge in [0.1, 0.15) is 0 Å². The fourth-order valence-electron chi connectivity index (χ4n) is 2.76. The maximum Gasteiger partial charge on any atom is 0.305 e. The van der Waals surface area contributed by atoms with Crippen LogP contribution in [0.1, 0.15) is 49.4 Å². The number of carbonyl (C=O) groups is 2. The van der Waals surface area contributed by atoms with E-state index >= 15 is 0 Å². The molecule has 1 fully saturated rings. The first-order valence-electron chi connectivity index (χ1n) is 7.93. The summed E-state index contributed by atoms with van der Waals surface area (Å²) in [5.41, 5.74) is 0.182. The molecular weight excluding hydrogens is 332 g/mol. The summed E-state index contributed by atoms with van der Waals surface area (Å²) in [6.45, 7) is 1.58. The molecule has 1 atom stereocenters. The standard InChI is InChI=1S/C16H22N2O5S/c1-11(9-15(19)20)17-16(21)12-5-4-8-14(10-12)24(22,23)18-13-6-2-3-7-13/h4-5,8,10-11,13,18H,2-3,6-7,9H2,1H3,(H,17,21)(H,19,20). The first kappa shape index (κ1) is 18.4. The maximum absolute atomic E-state index is 12.4. The van der Waals surface area contributed by atoms with Gasteiger partial charge in [-0.3, -0.25) is 9.59 Å². The third kappa shape index (κ3) is 5.04. The lowest BCUT2D eigenvalue weighted by Crippen LogP contribution is -2.35. The van der Waals surface area contributed by atoms with Crippen LogP contribution in [-0.2, 0) is 14.8 Å². The summed E-state index contributed by atoms with van der Waals surface area (Å²) in [4.78, 5) is 22.8. The quantitative estimate of drug-likeness (QED) is 0.687. The van der Waals surface area contributed by atoms with Crippen LogP contribution in [0.25, 0.3) is 0 Å². The molecule has 2 rings (SSSR count). The zero-order valence-corrected chi connectivity index (χ0v) is 14.3. The number of hydrogen-bond acceptors (Lipinski definition) is 4. The summed E-state index contributed by atoms with van der Waals surface area (Å²) < 4.78 is 27.5. The molecule has 1 unspecified atom stereocenters. The van der Waals surface area contributed by atoms with Gasteiger partial charge in [0.2, 0.25) is 10.0 Å². The van der Waals surface area contributed by atoms with Crippen LogP contribution >= 0.6 is 0 Å². The van der Waals surface area contributed by atoms with Gasteiger partial charge in [-0.15, -0.1) is 0 Å². The normalized spacial score (nSPS) is 16.7. The first-order chi connectivity index (χ1) is 11.3. The largest absolute Gasteiger partial charge is 0.481 e. The van der Waals surface area contributed by atoms with E-state index in [9.17, 15) is 18.0 Å². The fraction of sp³-hybridized carbons (Fsp3) is 0.500. The molecule has 1 aliphatic carbocycles. The average molecular weight is 354 g/mol. The SMILES string of the molecule is CC(CC(=O)O)NC(=O)c1cccc(S(=O)(=O)NC2CCCC2)c1. The van der Waals surface area contributed by atoms with E-state index in [1.165, 1.54) is 24.3 Å². The third-order valence-corrected chi connectivity index (χ3v) is 5.46. The number of nitrogens with one attached hydrogen (secondary N) is 2. The Morgan fingerprint density at radius 2 is 1.96 bits per heavy atom. The van der Waals surface area contributed by atoms with Crippen LogP contribution in [0, 0.1) is 0 Å². The van der Waals surface area contributed by atoms with Crippen LogP contribution in [-0.4, -0.2) is 37.5 Å². The minimum Gasteiger partial charge on any atom is -0.481 e. The third-order valence-electron chi connectivity index (χ3n) is 3.94. The number of carbonyl (C=O) groups excluding carboxylic acids is 1. The highest BCUT2D eigenvalue weighted by molar-refractivity contribution is 7.89. The lowest BCUT2D eigenvalue weighted by molar-refractivity contribution is -0.137. The van der Waals surface area contributed by atoms with Gasteiger partial charge in [-0.25, -0.2) is 13.1 Å². The van der Waals surface area contributed by atoms with Crippen molar-refractivity contribution < 1.29 is 23.1 Å². The van der Waals surface area contributed by atoms with Gasteiger partial charge in [-0.2, -0.15) is 0 Å². The molecule has 1 aromatic rings. The summed E-state index contributed by atoms with van der Waals surface area (Å²) in [5, 5.41) is 11.3. The van der Waals surface area contributed by atoms with Crippen LogP contribution in [0.5, 0.6) is 0 Å². The van der Waals surface area contributed by atoms with Gasteiger partial charge in [0, 0.05) is 17.6 Å². The molecule has 0 radical (unpaired) electrons. The molecule has 0 saturated heterocycles. The van der Waals surface area contributed by atoms with Crippen LogP contribution < -0.4 is 10.0 Å². The van der Waals surface area contributed by atoms with Crippen molar-refractivity contribution in [3.05, 3.63) is 29.8 Å². The Morgan fingerprint density at radius 1 is 1.29 bits per heavy atom. The second kappa shape index (κ2) is 7.76. The van der Waals surface area contributed by atoms with E-state index in [-0.39, 0.29) is 22.9 Å². The van der Waals surface area contributed by atoms with Gasteiger partial charge in [0.05, 0.1) is 11.3 Å². The van der Waals surface area contributed by atoms with Crippen molar-refractivity contribution in [2.75, 3.05) is 0 Å². The van der Waals surface area contributed by atoms with E-state index in [1.807, 2.05) is 0 Å². The predicted molar refractivity (Wildman–Crippen MR) is 88.2 cm³/mol. The number of hydrogen-bond donors (Lipinski definition) is 3. The van der Waals surface area contributed by atoms with E-state index < -0.39 is 27.9 Å². The van der Waals surface area contributed by atoms with Crippen molar-refractivity contribution in [1.82, 2.24) is 10.0 Å². The fourth-order valence-corrected chi connectivity index (χ4v) is 4.11. The highest BCUT2D eigenvalue weighted by Crippen LogP contribution is 2.20. The number of carboxylic acid groups (broad SMARTS) is 1.